The van der Waals surface area contributed by atoms with Crippen molar-refractivity contribution in [2.75, 3.05) is 0 Å². The molecular weight excluding hydrogens is 201 g/mol. The van der Waals surface area contributed by atoms with E-state index in [2.05, 4.69) is 11.8 Å². The summed E-state index contributed by atoms with van der Waals surface area (Å²) in [5.41, 5.74) is 0.0507. The molecule has 0 fully saturated rings. The lowest BCUT2D eigenvalue weighted by Crippen LogP contribution is -1.96. The van der Waals surface area contributed by atoms with E-state index < -0.39 is 10.7 Å². The minimum Gasteiger partial charge on any atom is -0.289 e. The molecule has 0 unspecified atom stereocenters. The van der Waals surface area contributed by atoms with Gasteiger partial charge < -0.3 is 0 Å². The topological polar surface area (TPSA) is 60.2 Å². The minimum atomic E-state index is -0.748. The van der Waals surface area contributed by atoms with Gasteiger partial charge in [-0.05, 0) is 18.9 Å². The third-order valence-electron chi connectivity index (χ3n) is 1.81. The van der Waals surface area contributed by atoms with Gasteiger partial charge in [-0.15, -0.1) is 0 Å². The molecule has 0 radical (unpaired) electrons. The summed E-state index contributed by atoms with van der Waals surface area (Å²) < 4.78 is 12.9. The molecule has 0 atom stereocenters. The number of nitro benzene ring substituents is 1. The van der Waals surface area contributed by atoms with Crippen molar-refractivity contribution in [2.24, 2.45) is 0 Å². The summed E-state index contributed by atoms with van der Waals surface area (Å²) in [5, 5.41) is 10.5. The number of carbonyl (C=O) groups excluding carboxylic acids is 1. The third-order valence-corrected chi connectivity index (χ3v) is 1.81. The SMILES string of the molecule is Cc1c(C#CC=O)cc(F)cc1[N+](=O)[O-]. The monoisotopic (exact) mass is 207 g/mol. The maximum Gasteiger partial charge on any atom is 0.276 e. The molecule has 0 saturated carbocycles. The van der Waals surface area contributed by atoms with E-state index in [1.807, 2.05) is 0 Å². The van der Waals surface area contributed by atoms with Crippen molar-refractivity contribution < 1.29 is 14.1 Å². The molecule has 4 nitrogen and oxygen atoms in total. The van der Waals surface area contributed by atoms with E-state index in [-0.39, 0.29) is 16.8 Å². The van der Waals surface area contributed by atoms with Crippen LogP contribution in [0.2, 0.25) is 0 Å². The zero-order chi connectivity index (χ0) is 11.4. The van der Waals surface area contributed by atoms with E-state index in [4.69, 9.17) is 0 Å². The Kier molecular flexibility index (Phi) is 3.13. The molecule has 76 valence electrons. The molecule has 0 aromatic heterocycles. The summed E-state index contributed by atoms with van der Waals surface area (Å²) in [5.74, 6) is 3.67. The fourth-order valence-electron chi connectivity index (χ4n) is 1.09. The number of aldehydes is 1. The first-order chi connectivity index (χ1) is 7.06. The molecule has 0 amide bonds. The second-order valence-electron chi connectivity index (χ2n) is 2.74. The van der Waals surface area contributed by atoms with Crippen molar-refractivity contribution >= 4 is 12.0 Å². The largest absolute Gasteiger partial charge is 0.289 e. The molecule has 0 heterocycles. The van der Waals surface area contributed by atoms with Crippen LogP contribution >= 0.6 is 0 Å². The van der Waals surface area contributed by atoms with Crippen molar-refractivity contribution in [3.63, 3.8) is 0 Å². The lowest BCUT2D eigenvalue weighted by Gasteiger charge is -2.00. The number of hydrogen-bond acceptors (Lipinski definition) is 3. The Morgan fingerprint density at radius 3 is 2.73 bits per heavy atom. The van der Waals surface area contributed by atoms with Crippen LogP contribution in [0, 0.1) is 34.7 Å². The molecule has 0 aliphatic rings. The molecular formula is C10H6FNO3. The maximum atomic E-state index is 12.9. The lowest BCUT2D eigenvalue weighted by molar-refractivity contribution is -0.385. The van der Waals surface area contributed by atoms with E-state index in [0.29, 0.717) is 6.29 Å². The van der Waals surface area contributed by atoms with Gasteiger partial charge >= 0.3 is 0 Å². The van der Waals surface area contributed by atoms with Crippen LogP contribution < -0.4 is 0 Å². The standard InChI is InChI=1S/C10H6FNO3/c1-7-8(3-2-4-13)5-9(11)6-10(7)12(14)15/h4-6H,1H3. The number of nitrogens with zero attached hydrogens (tertiary/aromatic N) is 1. The quantitative estimate of drug-likeness (QED) is 0.304. The molecule has 0 aliphatic heterocycles. The van der Waals surface area contributed by atoms with Crippen molar-refractivity contribution in [1.29, 1.82) is 0 Å². The Morgan fingerprint density at radius 2 is 2.20 bits per heavy atom. The summed E-state index contributed by atoms with van der Waals surface area (Å²) in [4.78, 5) is 19.8. The average Bonchev–Trinajstić information content (AvgIpc) is 2.18. The van der Waals surface area contributed by atoms with Crippen LogP contribution in [0.3, 0.4) is 0 Å². The molecule has 15 heavy (non-hydrogen) atoms. The first-order valence-corrected chi connectivity index (χ1v) is 3.96. The molecule has 0 N–H and O–H groups in total. The Bertz CT molecular complexity index is 485. The Hall–Kier alpha value is -2.22. The molecule has 0 spiro atoms. The number of benzene rings is 1. The summed E-state index contributed by atoms with van der Waals surface area (Å²) in [7, 11) is 0. The summed E-state index contributed by atoms with van der Waals surface area (Å²) in [6.07, 6.45) is 0.343. The molecule has 1 aromatic carbocycles. The fraction of sp³-hybridized carbons (Fsp3) is 0.100. The summed E-state index contributed by atoms with van der Waals surface area (Å²) in [6, 6.07) is 1.88. The second kappa shape index (κ2) is 4.33. The highest BCUT2D eigenvalue weighted by Crippen LogP contribution is 2.22. The van der Waals surface area contributed by atoms with Gasteiger partial charge in [-0.3, -0.25) is 14.9 Å². The Balaban J connectivity index is 3.40. The maximum absolute atomic E-state index is 12.9. The van der Waals surface area contributed by atoms with E-state index >= 15 is 0 Å². The Morgan fingerprint density at radius 1 is 1.53 bits per heavy atom. The molecule has 1 aromatic rings. The van der Waals surface area contributed by atoms with Crippen LogP contribution in [-0.4, -0.2) is 11.2 Å². The number of carbonyl (C=O) groups is 1. The van der Waals surface area contributed by atoms with Gasteiger partial charge in [0.25, 0.3) is 5.69 Å². The van der Waals surface area contributed by atoms with Crippen LogP contribution in [-0.2, 0) is 4.79 Å². The number of nitro groups is 1. The van der Waals surface area contributed by atoms with Gasteiger partial charge in [0.1, 0.15) is 5.82 Å². The van der Waals surface area contributed by atoms with Crippen LogP contribution in [0.25, 0.3) is 0 Å². The van der Waals surface area contributed by atoms with Crippen LogP contribution in [0.5, 0.6) is 0 Å². The molecule has 0 bridgehead atoms. The number of rotatable bonds is 1. The minimum absolute atomic E-state index is 0.147. The smallest absolute Gasteiger partial charge is 0.276 e. The van der Waals surface area contributed by atoms with Gasteiger partial charge in [0.2, 0.25) is 0 Å². The van der Waals surface area contributed by atoms with E-state index in [9.17, 15) is 19.3 Å². The van der Waals surface area contributed by atoms with Gasteiger partial charge in [-0.2, -0.15) is 0 Å². The van der Waals surface area contributed by atoms with Crippen LogP contribution in [0.4, 0.5) is 10.1 Å². The van der Waals surface area contributed by atoms with Crippen molar-refractivity contribution in [1.82, 2.24) is 0 Å². The highest BCUT2D eigenvalue weighted by Gasteiger charge is 2.15. The molecule has 1 rings (SSSR count). The Labute approximate surface area is 84.9 Å². The first-order valence-electron chi connectivity index (χ1n) is 3.96. The summed E-state index contributed by atoms with van der Waals surface area (Å²) in [6.45, 7) is 1.45. The average molecular weight is 207 g/mol. The van der Waals surface area contributed by atoms with Crippen LogP contribution in [0.15, 0.2) is 12.1 Å². The predicted molar refractivity (Wildman–Crippen MR) is 50.7 cm³/mol. The molecule has 0 saturated heterocycles. The van der Waals surface area contributed by atoms with Gasteiger partial charge in [0.05, 0.1) is 11.0 Å². The highest BCUT2D eigenvalue weighted by atomic mass is 19.1. The zero-order valence-electron chi connectivity index (χ0n) is 7.78. The van der Waals surface area contributed by atoms with E-state index in [1.165, 1.54) is 6.92 Å². The predicted octanol–water partition coefficient (Wildman–Crippen LogP) is 1.59. The third kappa shape index (κ3) is 2.38. The van der Waals surface area contributed by atoms with E-state index in [0.717, 1.165) is 12.1 Å². The molecule has 0 aliphatic carbocycles. The summed E-state index contributed by atoms with van der Waals surface area (Å²) >= 11 is 0. The molecule has 5 heteroatoms. The van der Waals surface area contributed by atoms with Crippen LogP contribution in [0.1, 0.15) is 11.1 Å². The number of halogens is 1. The van der Waals surface area contributed by atoms with Crippen molar-refractivity contribution in [2.45, 2.75) is 6.92 Å². The van der Waals surface area contributed by atoms with Crippen molar-refractivity contribution in [3.05, 3.63) is 39.2 Å². The normalized spacial score (nSPS) is 8.93. The van der Waals surface area contributed by atoms with Gasteiger partial charge in [-0.1, -0.05) is 5.92 Å². The zero-order valence-corrected chi connectivity index (χ0v) is 7.78. The second-order valence-corrected chi connectivity index (χ2v) is 2.74. The van der Waals surface area contributed by atoms with E-state index in [1.54, 1.807) is 0 Å². The highest BCUT2D eigenvalue weighted by molar-refractivity contribution is 5.74. The lowest BCUT2D eigenvalue weighted by atomic mass is 10.1. The van der Waals surface area contributed by atoms with Crippen molar-refractivity contribution in [3.8, 4) is 11.8 Å². The first kappa shape index (κ1) is 10.9. The number of hydrogen-bond donors (Lipinski definition) is 0. The van der Waals surface area contributed by atoms with Gasteiger partial charge in [-0.25, -0.2) is 4.39 Å². The van der Waals surface area contributed by atoms with Gasteiger partial charge in [0, 0.05) is 11.1 Å². The fourth-order valence-corrected chi connectivity index (χ4v) is 1.09. The van der Waals surface area contributed by atoms with Gasteiger partial charge in [0.15, 0.2) is 6.29 Å².